The summed E-state index contributed by atoms with van der Waals surface area (Å²) in [6, 6.07) is 1.44. The second kappa shape index (κ2) is 6.61. The highest BCUT2D eigenvalue weighted by Crippen LogP contribution is 2.38. The van der Waals surface area contributed by atoms with Crippen LogP contribution in [0.3, 0.4) is 0 Å². The molecule has 0 spiro atoms. The Bertz CT molecular complexity index is 433. The van der Waals surface area contributed by atoms with E-state index in [0.29, 0.717) is 8.20 Å². The molecule has 1 atom stereocenters. The molecule has 17 heavy (non-hydrogen) atoms. The monoisotopic (exact) mass is 329 g/mol. The Labute approximate surface area is 122 Å². The molecule has 0 aliphatic rings. The minimum absolute atomic E-state index is 0.154. The molecular formula is C11H10Cl4OP-. The summed E-state index contributed by atoms with van der Waals surface area (Å²) in [5, 5.41) is 12.9. The summed E-state index contributed by atoms with van der Waals surface area (Å²) in [5.41, 5.74) is 0.305. The van der Waals surface area contributed by atoms with E-state index < -0.39 is 0 Å². The van der Waals surface area contributed by atoms with Crippen molar-refractivity contribution in [1.29, 1.82) is 0 Å². The highest BCUT2D eigenvalue weighted by atomic mass is 35.5. The molecule has 1 aromatic carbocycles. The van der Waals surface area contributed by atoms with E-state index in [0.717, 1.165) is 6.42 Å². The van der Waals surface area contributed by atoms with Gasteiger partial charge < -0.3 is 5.11 Å². The molecular weight excluding hydrogens is 321 g/mol. The van der Waals surface area contributed by atoms with Gasteiger partial charge in [0, 0.05) is 5.56 Å². The molecule has 1 rings (SSSR count). The maximum Gasteiger partial charge on any atom is 0.0673 e. The first-order valence-corrected chi connectivity index (χ1v) is 7.44. The van der Waals surface area contributed by atoms with E-state index in [-0.39, 0.29) is 36.8 Å². The van der Waals surface area contributed by atoms with Crippen LogP contribution in [0.2, 0.25) is 20.1 Å². The fraction of sp³-hybridized carbons (Fsp3) is 0.364. The van der Waals surface area contributed by atoms with E-state index in [1.165, 1.54) is 6.07 Å². The van der Waals surface area contributed by atoms with Gasteiger partial charge in [0.15, 0.2) is 0 Å². The van der Waals surface area contributed by atoms with Crippen molar-refractivity contribution in [3.05, 3.63) is 31.7 Å². The summed E-state index contributed by atoms with van der Waals surface area (Å²) >= 11 is 23.7. The smallest absolute Gasteiger partial charge is 0.0673 e. The second-order valence-electron chi connectivity index (χ2n) is 3.53. The van der Waals surface area contributed by atoms with Gasteiger partial charge in [0.05, 0.1) is 20.1 Å². The Balaban J connectivity index is 3.35. The van der Waals surface area contributed by atoms with Crippen LogP contribution in [0.4, 0.5) is 0 Å². The molecule has 0 aliphatic heterocycles. The number of benzene rings is 1. The molecule has 0 amide bonds. The Morgan fingerprint density at radius 3 is 2.12 bits per heavy atom. The largest absolute Gasteiger partial charge is 0.823 e. The van der Waals surface area contributed by atoms with Crippen LogP contribution >= 0.6 is 54.6 Å². The predicted molar refractivity (Wildman–Crippen MR) is 77.3 cm³/mol. The van der Waals surface area contributed by atoms with E-state index in [1.54, 1.807) is 0 Å². The molecule has 0 radical (unpaired) electrons. The summed E-state index contributed by atoms with van der Waals surface area (Å²) in [5.74, 6) is 0. The van der Waals surface area contributed by atoms with Crippen molar-refractivity contribution in [3.8, 4) is 0 Å². The topological polar surface area (TPSA) is 23.1 Å². The fourth-order valence-electron chi connectivity index (χ4n) is 1.12. The maximum absolute atomic E-state index is 12.1. The zero-order chi connectivity index (χ0) is 13.2. The fourth-order valence-corrected chi connectivity index (χ4v) is 3.17. The molecule has 0 aromatic heterocycles. The Kier molecular flexibility index (Phi) is 6.05. The van der Waals surface area contributed by atoms with Gasteiger partial charge in [0.2, 0.25) is 0 Å². The lowest BCUT2D eigenvalue weighted by Crippen LogP contribution is -2.18. The zero-order valence-electron chi connectivity index (χ0n) is 9.23. The highest BCUT2D eigenvalue weighted by Gasteiger charge is 2.13. The lowest BCUT2D eigenvalue weighted by molar-refractivity contribution is -0.207. The summed E-state index contributed by atoms with van der Waals surface area (Å²) in [4.78, 5) is 0. The van der Waals surface area contributed by atoms with Crippen molar-refractivity contribution in [3.63, 3.8) is 0 Å². The average Bonchev–Trinajstić information content (AvgIpc) is 2.26. The van der Waals surface area contributed by atoms with Crippen molar-refractivity contribution < 1.29 is 5.11 Å². The molecule has 1 unspecified atom stereocenters. The lowest BCUT2D eigenvalue weighted by atomic mass is 10.2. The van der Waals surface area contributed by atoms with E-state index in [4.69, 9.17) is 46.4 Å². The van der Waals surface area contributed by atoms with Crippen LogP contribution < -0.4 is 5.11 Å². The van der Waals surface area contributed by atoms with Crippen LogP contribution in [0.1, 0.15) is 25.8 Å². The summed E-state index contributed by atoms with van der Waals surface area (Å²) in [7, 11) is 0.645. The van der Waals surface area contributed by atoms with Gasteiger partial charge in [-0.05, 0) is 18.1 Å². The average molecular weight is 331 g/mol. The summed E-state index contributed by atoms with van der Waals surface area (Å²) in [6.07, 6.45) is 0.900. The van der Waals surface area contributed by atoms with Gasteiger partial charge in [-0.2, -0.15) is 0 Å². The minimum atomic E-state index is -0.154. The van der Waals surface area contributed by atoms with E-state index in [2.05, 4.69) is 0 Å². The van der Waals surface area contributed by atoms with Gasteiger partial charge in [0.1, 0.15) is 0 Å². The van der Waals surface area contributed by atoms with Crippen LogP contribution in [0.25, 0.3) is 0 Å². The normalized spacial score (nSPS) is 13.9. The van der Waals surface area contributed by atoms with E-state index >= 15 is 0 Å². The summed E-state index contributed by atoms with van der Waals surface area (Å²) < 4.78 is 0. The molecule has 0 N–H and O–H groups in total. The molecule has 1 nitrogen and oxygen atoms in total. The second-order valence-corrected chi connectivity index (χ2v) is 6.65. The minimum Gasteiger partial charge on any atom is -0.823 e. The molecule has 0 saturated heterocycles. The quantitative estimate of drug-likeness (QED) is 0.572. The predicted octanol–water partition coefficient (Wildman–Crippen LogP) is 4.88. The van der Waals surface area contributed by atoms with Gasteiger partial charge in [-0.3, -0.25) is 0 Å². The van der Waals surface area contributed by atoms with Crippen LogP contribution in [-0.4, -0.2) is 11.1 Å². The lowest BCUT2D eigenvalue weighted by Gasteiger charge is -2.19. The van der Waals surface area contributed by atoms with Crippen molar-refractivity contribution >= 4 is 60.1 Å². The van der Waals surface area contributed by atoms with Gasteiger partial charge in [0.25, 0.3) is 0 Å². The first kappa shape index (κ1) is 15.6. The van der Waals surface area contributed by atoms with Crippen molar-refractivity contribution in [1.82, 2.24) is 0 Å². The number of hydrogen-bond donors (Lipinski definition) is 0. The van der Waals surface area contributed by atoms with E-state index in [9.17, 15) is 5.11 Å². The van der Waals surface area contributed by atoms with Crippen LogP contribution in [0.15, 0.2) is 6.07 Å². The van der Waals surface area contributed by atoms with Gasteiger partial charge in [-0.15, -0.1) is 13.7 Å². The van der Waals surface area contributed by atoms with Gasteiger partial charge >= 0.3 is 0 Å². The Morgan fingerprint density at radius 2 is 1.71 bits per heavy atom. The van der Waals surface area contributed by atoms with Crippen LogP contribution in [-0.2, 0) is 0 Å². The first-order valence-electron chi connectivity index (χ1n) is 4.96. The summed E-state index contributed by atoms with van der Waals surface area (Å²) in [6.45, 7) is 3.99. The zero-order valence-corrected chi connectivity index (χ0v) is 13.1. The van der Waals surface area contributed by atoms with Crippen LogP contribution in [0.5, 0.6) is 0 Å². The molecule has 6 heteroatoms. The molecule has 0 aliphatic carbocycles. The third kappa shape index (κ3) is 3.73. The standard InChI is InChI=1S/C11H11Cl4OP/c1-3-5(2)17-11(16)8-9(14)6(12)4-7(13)10(8)15/h4-5,16H,3H2,1-2H3/p-1. The van der Waals surface area contributed by atoms with Gasteiger partial charge in [-0.1, -0.05) is 60.3 Å². The number of hydrogen-bond acceptors (Lipinski definition) is 1. The SMILES string of the molecule is CCC(C)P=C([O-])c1c(Cl)c(Cl)cc(Cl)c1Cl. The molecule has 0 bridgehead atoms. The third-order valence-corrected chi connectivity index (χ3v) is 5.09. The highest BCUT2D eigenvalue weighted by molar-refractivity contribution is 7.41. The molecule has 0 heterocycles. The molecule has 0 saturated carbocycles. The maximum atomic E-state index is 12.1. The van der Waals surface area contributed by atoms with Crippen molar-refractivity contribution in [2.45, 2.75) is 25.9 Å². The van der Waals surface area contributed by atoms with E-state index in [1.807, 2.05) is 13.8 Å². The molecule has 94 valence electrons. The first-order chi connectivity index (χ1) is 7.88. The molecule has 1 aromatic rings. The molecule has 0 fully saturated rings. The number of halogens is 4. The Morgan fingerprint density at radius 1 is 1.24 bits per heavy atom. The Hall–Kier alpha value is 0.510. The number of rotatable bonds is 3. The van der Waals surface area contributed by atoms with Crippen molar-refractivity contribution in [2.24, 2.45) is 0 Å². The van der Waals surface area contributed by atoms with Gasteiger partial charge in [-0.25, -0.2) is 0 Å². The van der Waals surface area contributed by atoms with Crippen molar-refractivity contribution in [2.75, 3.05) is 0 Å². The van der Waals surface area contributed by atoms with Crippen LogP contribution in [0, 0.1) is 0 Å². The third-order valence-electron chi connectivity index (χ3n) is 2.25.